The predicted molar refractivity (Wildman–Crippen MR) is 70.8 cm³/mol. The molecule has 0 radical (unpaired) electrons. The van der Waals surface area contributed by atoms with Crippen molar-refractivity contribution in [1.82, 2.24) is 10.2 Å². The normalized spacial score (nSPS) is 24.7. The molecule has 1 saturated heterocycles. The number of carbonyl (C=O) groups is 1. The molecule has 2 atom stereocenters. The van der Waals surface area contributed by atoms with Gasteiger partial charge in [-0.1, -0.05) is 6.92 Å². The van der Waals surface area contributed by atoms with Crippen LogP contribution in [0.4, 0.5) is 0 Å². The van der Waals surface area contributed by atoms with Crippen LogP contribution < -0.4 is 5.32 Å². The number of hydrogen-bond donors (Lipinski definition) is 2. The predicted octanol–water partition coefficient (Wildman–Crippen LogP) is 0.940. The smallest absolute Gasteiger partial charge is 0.323 e. The molecule has 0 spiro atoms. The van der Waals surface area contributed by atoms with E-state index in [1.165, 1.54) is 0 Å². The quantitative estimate of drug-likeness (QED) is 0.711. The molecular weight excluding hydrogens is 232 g/mol. The molecule has 0 aromatic carbocycles. The van der Waals surface area contributed by atoms with E-state index in [1.807, 2.05) is 0 Å². The first-order chi connectivity index (χ1) is 8.51. The van der Waals surface area contributed by atoms with Gasteiger partial charge < -0.3 is 15.2 Å². The molecule has 0 aromatic heterocycles. The van der Waals surface area contributed by atoms with Crippen molar-refractivity contribution in [1.29, 1.82) is 0 Å². The third-order valence-corrected chi connectivity index (χ3v) is 3.85. The highest BCUT2D eigenvalue weighted by Crippen LogP contribution is 2.14. The topological polar surface area (TPSA) is 61.8 Å². The summed E-state index contributed by atoms with van der Waals surface area (Å²) in [6.07, 6.45) is 2.92. The number of likely N-dealkylation sites (N-methyl/N-ethyl adjacent to an activating group) is 1. The molecular formula is C13H26N2O3. The van der Waals surface area contributed by atoms with Crippen LogP contribution >= 0.6 is 0 Å². The molecule has 5 heteroatoms. The molecule has 1 aliphatic heterocycles. The zero-order valence-corrected chi connectivity index (χ0v) is 11.7. The van der Waals surface area contributed by atoms with Crippen LogP contribution in [0, 0.1) is 0 Å². The zero-order chi connectivity index (χ0) is 13.6. The van der Waals surface area contributed by atoms with Crippen LogP contribution in [0.25, 0.3) is 0 Å². The minimum atomic E-state index is -0.809. The van der Waals surface area contributed by atoms with Crippen molar-refractivity contribution in [2.24, 2.45) is 0 Å². The molecule has 1 aliphatic rings. The Hall–Kier alpha value is -0.650. The van der Waals surface area contributed by atoms with Crippen molar-refractivity contribution in [3.05, 3.63) is 0 Å². The van der Waals surface area contributed by atoms with Gasteiger partial charge in [-0.05, 0) is 39.8 Å². The zero-order valence-electron chi connectivity index (χ0n) is 11.7. The van der Waals surface area contributed by atoms with Gasteiger partial charge in [-0.15, -0.1) is 0 Å². The van der Waals surface area contributed by atoms with Crippen molar-refractivity contribution in [3.63, 3.8) is 0 Å². The first-order valence-electron chi connectivity index (χ1n) is 6.78. The minimum Gasteiger partial charge on any atom is -0.480 e. The lowest BCUT2D eigenvalue weighted by molar-refractivity contribution is -0.144. The number of nitrogens with one attached hydrogen (secondary N) is 1. The summed E-state index contributed by atoms with van der Waals surface area (Å²) in [6, 6.07) is 0. The van der Waals surface area contributed by atoms with Gasteiger partial charge in [-0.25, -0.2) is 0 Å². The van der Waals surface area contributed by atoms with E-state index in [0.29, 0.717) is 12.5 Å². The molecule has 0 saturated carbocycles. The van der Waals surface area contributed by atoms with Crippen molar-refractivity contribution >= 4 is 5.97 Å². The monoisotopic (exact) mass is 258 g/mol. The van der Waals surface area contributed by atoms with E-state index in [9.17, 15) is 4.79 Å². The number of aliphatic carboxylic acids is 1. The molecule has 1 fully saturated rings. The Morgan fingerprint density at radius 3 is 2.89 bits per heavy atom. The van der Waals surface area contributed by atoms with E-state index in [4.69, 9.17) is 9.84 Å². The van der Waals surface area contributed by atoms with Gasteiger partial charge in [-0.2, -0.15) is 0 Å². The highest BCUT2D eigenvalue weighted by atomic mass is 16.5. The van der Waals surface area contributed by atoms with Crippen molar-refractivity contribution in [2.75, 3.05) is 33.3 Å². The highest BCUT2D eigenvalue weighted by Gasteiger charge is 2.30. The van der Waals surface area contributed by atoms with E-state index in [1.54, 1.807) is 14.0 Å². The lowest BCUT2D eigenvalue weighted by Gasteiger charge is -2.33. The van der Waals surface area contributed by atoms with Gasteiger partial charge in [0.15, 0.2) is 0 Å². The molecule has 1 rings (SSSR count). The second-order valence-electron chi connectivity index (χ2n) is 5.19. The lowest BCUT2D eigenvalue weighted by atomic mass is 9.96. The largest absolute Gasteiger partial charge is 0.480 e. The van der Waals surface area contributed by atoms with Crippen LogP contribution in [0.3, 0.4) is 0 Å². The molecule has 2 N–H and O–H groups in total. The van der Waals surface area contributed by atoms with Gasteiger partial charge in [0.1, 0.15) is 5.54 Å². The van der Waals surface area contributed by atoms with Gasteiger partial charge >= 0.3 is 5.97 Å². The fourth-order valence-corrected chi connectivity index (χ4v) is 2.23. The summed E-state index contributed by atoms with van der Waals surface area (Å²) in [4.78, 5) is 13.5. The average Bonchev–Trinajstić information content (AvgIpc) is 2.38. The Labute approximate surface area is 109 Å². The van der Waals surface area contributed by atoms with Crippen molar-refractivity contribution in [3.8, 4) is 0 Å². The maximum Gasteiger partial charge on any atom is 0.323 e. The van der Waals surface area contributed by atoms with Crippen LogP contribution in [0.15, 0.2) is 0 Å². The third kappa shape index (κ3) is 4.23. The molecule has 106 valence electrons. The van der Waals surface area contributed by atoms with Crippen molar-refractivity contribution < 1.29 is 14.6 Å². The van der Waals surface area contributed by atoms with Crippen LogP contribution in [0.2, 0.25) is 0 Å². The Kier molecular flexibility index (Phi) is 6.05. The standard InChI is InChI=1S/C13H26N2O3/c1-4-11-10-15(8-9-18-11)7-5-6-13(2,14-3)12(16)17/h11,14H,4-10H2,1-3H3,(H,16,17). The van der Waals surface area contributed by atoms with E-state index in [0.717, 1.165) is 39.1 Å². The molecule has 0 amide bonds. The number of carboxylic acid groups (broad SMARTS) is 1. The molecule has 1 heterocycles. The van der Waals surface area contributed by atoms with E-state index in [-0.39, 0.29) is 0 Å². The minimum absolute atomic E-state index is 0.342. The summed E-state index contributed by atoms with van der Waals surface area (Å²) < 4.78 is 5.62. The number of ether oxygens (including phenoxy) is 1. The summed E-state index contributed by atoms with van der Waals surface area (Å²) in [7, 11) is 1.70. The van der Waals surface area contributed by atoms with E-state index < -0.39 is 11.5 Å². The number of nitrogens with zero attached hydrogens (tertiary/aromatic N) is 1. The van der Waals surface area contributed by atoms with E-state index in [2.05, 4.69) is 17.1 Å². The van der Waals surface area contributed by atoms with Crippen molar-refractivity contribution in [2.45, 2.75) is 44.8 Å². The summed E-state index contributed by atoms with van der Waals surface area (Å²) in [6.45, 7) is 7.55. The van der Waals surface area contributed by atoms with Gasteiger partial charge in [-0.3, -0.25) is 9.69 Å². The van der Waals surface area contributed by atoms with Crippen LogP contribution in [-0.2, 0) is 9.53 Å². The Morgan fingerprint density at radius 2 is 2.33 bits per heavy atom. The summed E-state index contributed by atoms with van der Waals surface area (Å²) in [5, 5.41) is 12.0. The number of carboxylic acids is 1. The Morgan fingerprint density at radius 1 is 1.61 bits per heavy atom. The summed E-state index contributed by atoms with van der Waals surface area (Å²) in [5.74, 6) is -0.779. The molecule has 2 unspecified atom stereocenters. The fraction of sp³-hybridized carbons (Fsp3) is 0.923. The van der Waals surface area contributed by atoms with Gasteiger partial charge in [0.2, 0.25) is 0 Å². The van der Waals surface area contributed by atoms with Crippen LogP contribution in [0.5, 0.6) is 0 Å². The van der Waals surface area contributed by atoms with Gasteiger partial charge in [0, 0.05) is 13.1 Å². The SMILES string of the molecule is CCC1CN(CCCC(C)(NC)C(=O)O)CCO1. The van der Waals surface area contributed by atoms with Gasteiger partial charge in [0.05, 0.1) is 12.7 Å². The maximum absolute atomic E-state index is 11.1. The molecule has 0 bridgehead atoms. The molecule has 0 aliphatic carbocycles. The number of morpholine rings is 1. The lowest BCUT2D eigenvalue weighted by Crippen LogP contribution is -2.48. The molecule has 18 heavy (non-hydrogen) atoms. The summed E-state index contributed by atoms with van der Waals surface area (Å²) >= 11 is 0. The number of rotatable bonds is 7. The first-order valence-corrected chi connectivity index (χ1v) is 6.78. The maximum atomic E-state index is 11.1. The van der Waals surface area contributed by atoms with Crippen LogP contribution in [-0.4, -0.2) is 60.9 Å². The molecule has 0 aromatic rings. The fourth-order valence-electron chi connectivity index (χ4n) is 2.23. The Balaban J connectivity index is 2.30. The Bertz CT molecular complexity index is 273. The molecule has 5 nitrogen and oxygen atoms in total. The van der Waals surface area contributed by atoms with E-state index >= 15 is 0 Å². The van der Waals surface area contributed by atoms with Crippen LogP contribution in [0.1, 0.15) is 33.1 Å². The second kappa shape index (κ2) is 7.07. The average molecular weight is 258 g/mol. The van der Waals surface area contributed by atoms with Gasteiger partial charge in [0.25, 0.3) is 0 Å². The third-order valence-electron chi connectivity index (χ3n) is 3.85. The number of hydrogen-bond acceptors (Lipinski definition) is 4. The highest BCUT2D eigenvalue weighted by molar-refractivity contribution is 5.78. The summed E-state index contributed by atoms with van der Waals surface area (Å²) in [5.41, 5.74) is -0.809. The second-order valence-corrected chi connectivity index (χ2v) is 5.19. The first kappa shape index (κ1) is 15.4.